The molecule has 9 heteroatoms. The van der Waals surface area contributed by atoms with E-state index in [0.29, 0.717) is 44.7 Å². The fraction of sp³-hybridized carbons (Fsp3) is 0.387. The zero-order valence-corrected chi connectivity index (χ0v) is 24.0. The van der Waals surface area contributed by atoms with Crippen LogP contribution in [0, 0.1) is 0 Å². The van der Waals surface area contributed by atoms with Gasteiger partial charge in [-0.25, -0.2) is 14.4 Å². The van der Waals surface area contributed by atoms with Gasteiger partial charge in [0.1, 0.15) is 55.4 Å². The molecular formula is C31H38O9. The third-order valence-corrected chi connectivity index (χ3v) is 5.31. The molecule has 0 bridgehead atoms. The van der Waals surface area contributed by atoms with E-state index in [-0.39, 0.29) is 19.8 Å². The van der Waals surface area contributed by atoms with Gasteiger partial charge in [0.15, 0.2) is 0 Å². The predicted octanol–water partition coefficient (Wildman–Crippen LogP) is 5.50. The number of benzene rings is 2. The number of hydrogen-bond acceptors (Lipinski definition) is 9. The van der Waals surface area contributed by atoms with Gasteiger partial charge in [0.2, 0.25) is 0 Å². The van der Waals surface area contributed by atoms with Crippen molar-refractivity contribution in [2.45, 2.75) is 59.9 Å². The highest BCUT2D eigenvalue weighted by Crippen LogP contribution is 2.39. The summed E-state index contributed by atoms with van der Waals surface area (Å²) in [6.45, 7) is 20.9. The topological polar surface area (TPSA) is 107 Å². The van der Waals surface area contributed by atoms with Crippen LogP contribution in [-0.4, -0.2) is 56.0 Å². The molecule has 0 N–H and O–H groups in total. The Bertz CT molecular complexity index is 1230. The Hall–Kier alpha value is -4.27. The van der Waals surface area contributed by atoms with E-state index in [9.17, 15) is 14.4 Å². The summed E-state index contributed by atoms with van der Waals surface area (Å²) in [4.78, 5) is 35.6. The van der Waals surface area contributed by atoms with Crippen molar-refractivity contribution >= 4 is 28.7 Å². The van der Waals surface area contributed by atoms with Crippen molar-refractivity contribution in [2.75, 3.05) is 19.8 Å². The normalized spacial score (nSPS) is 12.8. The summed E-state index contributed by atoms with van der Waals surface area (Å²) in [6, 6.07) is 8.84. The molecule has 0 amide bonds. The Labute approximate surface area is 235 Å². The quantitative estimate of drug-likeness (QED) is 0.160. The first kappa shape index (κ1) is 31.9. The van der Waals surface area contributed by atoms with Gasteiger partial charge in [-0.15, -0.1) is 0 Å². The third-order valence-electron chi connectivity index (χ3n) is 5.31. The van der Waals surface area contributed by atoms with Crippen LogP contribution in [0.3, 0.4) is 0 Å². The first-order chi connectivity index (χ1) is 18.8. The first-order valence-electron chi connectivity index (χ1n) is 12.8. The van der Waals surface area contributed by atoms with Gasteiger partial charge in [0.25, 0.3) is 0 Å². The molecule has 9 nitrogen and oxygen atoms in total. The lowest BCUT2D eigenvalue weighted by molar-refractivity contribution is -0.145. The maximum atomic E-state index is 11.9. The van der Waals surface area contributed by atoms with Crippen LogP contribution in [0.4, 0.5) is 0 Å². The molecule has 0 heterocycles. The van der Waals surface area contributed by atoms with Crippen LogP contribution in [0.2, 0.25) is 0 Å². The van der Waals surface area contributed by atoms with Gasteiger partial charge in [0.05, 0.1) is 5.39 Å². The van der Waals surface area contributed by atoms with Crippen LogP contribution in [-0.2, 0) is 28.6 Å². The highest BCUT2D eigenvalue weighted by Gasteiger charge is 2.19. The van der Waals surface area contributed by atoms with Crippen molar-refractivity contribution in [3.63, 3.8) is 0 Å². The summed E-state index contributed by atoms with van der Waals surface area (Å²) in [5.74, 6) is -0.0751. The van der Waals surface area contributed by atoms with Crippen LogP contribution in [0.15, 0.2) is 66.8 Å². The molecule has 0 aliphatic carbocycles. The van der Waals surface area contributed by atoms with E-state index in [1.165, 1.54) is 0 Å². The number of fused-ring (bicyclic) bond motifs is 1. The molecule has 2 aromatic carbocycles. The molecule has 3 atom stereocenters. The number of rotatable bonds is 15. The minimum atomic E-state index is -0.548. The molecule has 0 aliphatic heterocycles. The summed E-state index contributed by atoms with van der Waals surface area (Å²) >= 11 is 0. The van der Waals surface area contributed by atoms with Crippen molar-refractivity contribution in [1.29, 1.82) is 0 Å². The third kappa shape index (κ3) is 9.48. The second kappa shape index (κ2) is 14.8. The summed E-state index contributed by atoms with van der Waals surface area (Å²) in [6.07, 6.45) is -1.62. The number of ether oxygens (including phenoxy) is 6. The molecule has 3 unspecified atom stereocenters. The highest BCUT2D eigenvalue weighted by molar-refractivity contribution is 5.98. The van der Waals surface area contributed by atoms with E-state index < -0.39 is 36.2 Å². The van der Waals surface area contributed by atoms with Crippen molar-refractivity contribution in [3.05, 3.63) is 66.8 Å². The van der Waals surface area contributed by atoms with Gasteiger partial charge in [0, 0.05) is 22.1 Å². The number of hydrogen-bond donors (Lipinski definition) is 0. The maximum Gasteiger partial charge on any atom is 0.333 e. The SMILES string of the molecule is C=C(C)C(=O)OC(C)COc1ccc(OCC(C)OC(=O)C(=C)C)c2c(OCC(C)OC(=O)C(=C)C)cccc12. The maximum absolute atomic E-state index is 11.9. The fourth-order valence-corrected chi connectivity index (χ4v) is 3.25. The Balaban J connectivity index is 2.33. The summed E-state index contributed by atoms with van der Waals surface area (Å²) < 4.78 is 34.1. The minimum Gasteiger partial charge on any atom is -0.489 e. The molecule has 0 aromatic heterocycles. The second-order valence-corrected chi connectivity index (χ2v) is 9.66. The lowest BCUT2D eigenvalue weighted by Crippen LogP contribution is -2.23. The molecule has 0 radical (unpaired) electrons. The van der Waals surface area contributed by atoms with Gasteiger partial charge < -0.3 is 28.4 Å². The molecular weight excluding hydrogens is 516 g/mol. The van der Waals surface area contributed by atoms with Crippen molar-refractivity contribution in [3.8, 4) is 17.2 Å². The van der Waals surface area contributed by atoms with E-state index in [0.717, 1.165) is 0 Å². The van der Waals surface area contributed by atoms with Crippen LogP contribution >= 0.6 is 0 Å². The molecule has 2 aromatic rings. The average molecular weight is 555 g/mol. The number of esters is 3. The summed E-state index contributed by atoms with van der Waals surface area (Å²) in [5, 5.41) is 1.27. The van der Waals surface area contributed by atoms with Crippen molar-refractivity contribution in [1.82, 2.24) is 0 Å². The van der Waals surface area contributed by atoms with E-state index in [1.807, 2.05) is 6.07 Å². The van der Waals surface area contributed by atoms with Gasteiger partial charge in [-0.05, 0) is 59.7 Å². The molecule has 0 fully saturated rings. The Morgan fingerprint density at radius 2 is 0.950 bits per heavy atom. The van der Waals surface area contributed by atoms with Gasteiger partial charge in [-0.2, -0.15) is 0 Å². The monoisotopic (exact) mass is 554 g/mol. The molecule has 216 valence electrons. The molecule has 0 saturated carbocycles. The highest BCUT2D eigenvalue weighted by atomic mass is 16.6. The summed E-state index contributed by atoms with van der Waals surface area (Å²) in [5.41, 5.74) is 0.880. The van der Waals surface area contributed by atoms with E-state index in [2.05, 4.69) is 19.7 Å². The van der Waals surface area contributed by atoms with Crippen LogP contribution < -0.4 is 14.2 Å². The lowest BCUT2D eigenvalue weighted by atomic mass is 10.1. The average Bonchev–Trinajstić information content (AvgIpc) is 2.89. The Morgan fingerprint density at radius 3 is 1.35 bits per heavy atom. The van der Waals surface area contributed by atoms with E-state index in [4.69, 9.17) is 28.4 Å². The molecule has 2 rings (SSSR count). The smallest absolute Gasteiger partial charge is 0.333 e. The standard InChI is InChI=1S/C31H38O9/c1-18(2)29(32)38-21(7)15-35-25-13-14-27(37-17-23(9)40-31(34)20(5)6)28-24(25)11-10-12-26(28)36-16-22(8)39-30(33)19(3)4/h10-14,21-23H,1,3,5,15-17H2,2,4,6-9H3. The predicted molar refractivity (Wildman–Crippen MR) is 152 cm³/mol. The number of carbonyl (C=O) groups excluding carboxylic acids is 3. The van der Waals surface area contributed by atoms with Crippen LogP contribution in [0.5, 0.6) is 17.2 Å². The van der Waals surface area contributed by atoms with Crippen molar-refractivity contribution < 1.29 is 42.8 Å². The molecule has 0 spiro atoms. The zero-order valence-electron chi connectivity index (χ0n) is 24.0. The molecule has 40 heavy (non-hydrogen) atoms. The van der Waals surface area contributed by atoms with Crippen molar-refractivity contribution in [2.24, 2.45) is 0 Å². The number of carbonyl (C=O) groups is 3. The lowest BCUT2D eigenvalue weighted by Gasteiger charge is -2.20. The second-order valence-electron chi connectivity index (χ2n) is 9.66. The van der Waals surface area contributed by atoms with Crippen LogP contribution in [0.1, 0.15) is 41.5 Å². The fourth-order valence-electron chi connectivity index (χ4n) is 3.25. The first-order valence-corrected chi connectivity index (χ1v) is 12.8. The zero-order chi connectivity index (χ0) is 30.0. The van der Waals surface area contributed by atoms with E-state index >= 15 is 0 Å². The van der Waals surface area contributed by atoms with Crippen LogP contribution in [0.25, 0.3) is 10.8 Å². The Morgan fingerprint density at radius 1 is 0.600 bits per heavy atom. The van der Waals surface area contributed by atoms with Gasteiger partial charge in [-0.1, -0.05) is 31.9 Å². The van der Waals surface area contributed by atoms with Gasteiger partial charge in [-0.3, -0.25) is 0 Å². The molecule has 0 saturated heterocycles. The minimum absolute atomic E-state index is 0.0726. The largest absolute Gasteiger partial charge is 0.489 e. The molecule has 0 aliphatic rings. The van der Waals surface area contributed by atoms with E-state index in [1.54, 1.807) is 65.8 Å². The van der Waals surface area contributed by atoms with Gasteiger partial charge >= 0.3 is 17.9 Å². The Kier molecular flexibility index (Phi) is 11.8. The summed E-state index contributed by atoms with van der Waals surface area (Å²) in [7, 11) is 0.